The molecule has 152 valence electrons. The summed E-state index contributed by atoms with van der Waals surface area (Å²) in [6, 6.07) is 10.4. The van der Waals surface area contributed by atoms with E-state index in [1.165, 1.54) is 15.6 Å². The van der Waals surface area contributed by atoms with E-state index in [1.54, 1.807) is 47.6 Å². The number of carbonyl (C=O) groups excluding carboxylic acids is 1. The molecule has 1 aliphatic heterocycles. The summed E-state index contributed by atoms with van der Waals surface area (Å²) in [5.74, 6) is 0.454. The van der Waals surface area contributed by atoms with E-state index in [9.17, 15) is 13.2 Å². The van der Waals surface area contributed by atoms with E-state index >= 15 is 0 Å². The number of piperazine rings is 1. The van der Waals surface area contributed by atoms with Crippen LogP contribution in [0.25, 0.3) is 10.8 Å². The Morgan fingerprint density at radius 2 is 1.76 bits per heavy atom. The molecule has 0 atom stereocenters. The minimum Gasteiger partial charge on any atom is -0.462 e. The molecule has 4 rings (SSSR count). The van der Waals surface area contributed by atoms with Crippen molar-refractivity contribution in [1.82, 2.24) is 14.2 Å². The Morgan fingerprint density at radius 3 is 2.38 bits per heavy atom. The van der Waals surface area contributed by atoms with Crippen molar-refractivity contribution >= 4 is 27.3 Å². The van der Waals surface area contributed by atoms with Crippen LogP contribution in [0.4, 0.5) is 0 Å². The van der Waals surface area contributed by atoms with Crippen LogP contribution in [0, 0.1) is 13.8 Å². The largest absolute Gasteiger partial charge is 0.462 e. The third-order valence-electron chi connectivity index (χ3n) is 4.92. The van der Waals surface area contributed by atoms with Gasteiger partial charge in [0, 0.05) is 31.1 Å². The SMILES string of the molecule is Cc1ccc(S(=O)(=O)N2CCN(C(=O)c3nc(-c4ccco4)sc3C)CC2)cc1. The van der Waals surface area contributed by atoms with Crippen molar-refractivity contribution in [3.05, 3.63) is 58.8 Å². The van der Waals surface area contributed by atoms with Crippen molar-refractivity contribution in [2.24, 2.45) is 0 Å². The van der Waals surface area contributed by atoms with E-state index in [0.29, 0.717) is 29.6 Å². The lowest BCUT2D eigenvalue weighted by atomic mass is 10.2. The second kappa shape index (κ2) is 7.74. The third-order valence-corrected chi connectivity index (χ3v) is 7.81. The van der Waals surface area contributed by atoms with Crippen molar-refractivity contribution in [2.75, 3.05) is 26.2 Å². The maximum atomic E-state index is 12.9. The first kappa shape index (κ1) is 19.8. The zero-order chi connectivity index (χ0) is 20.6. The van der Waals surface area contributed by atoms with E-state index in [1.807, 2.05) is 13.8 Å². The van der Waals surface area contributed by atoms with Gasteiger partial charge in [-0.2, -0.15) is 4.31 Å². The Kier molecular flexibility index (Phi) is 5.28. The molecular formula is C20H21N3O4S2. The van der Waals surface area contributed by atoms with Gasteiger partial charge in [-0.1, -0.05) is 17.7 Å². The Morgan fingerprint density at radius 1 is 1.07 bits per heavy atom. The van der Waals surface area contributed by atoms with Crippen LogP contribution in [0.5, 0.6) is 0 Å². The van der Waals surface area contributed by atoms with Gasteiger partial charge in [0.25, 0.3) is 5.91 Å². The number of benzene rings is 1. The van der Waals surface area contributed by atoms with Gasteiger partial charge in [-0.3, -0.25) is 4.79 Å². The smallest absolute Gasteiger partial charge is 0.273 e. The summed E-state index contributed by atoms with van der Waals surface area (Å²) in [5.41, 5.74) is 1.41. The van der Waals surface area contributed by atoms with E-state index in [-0.39, 0.29) is 23.9 Å². The Bertz CT molecular complexity index is 1110. The fraction of sp³-hybridized carbons (Fsp3) is 0.300. The van der Waals surface area contributed by atoms with Crippen molar-refractivity contribution in [1.29, 1.82) is 0 Å². The summed E-state index contributed by atoms with van der Waals surface area (Å²) >= 11 is 1.41. The van der Waals surface area contributed by atoms with Crippen LogP contribution in [-0.2, 0) is 10.0 Å². The first-order valence-corrected chi connectivity index (χ1v) is 11.5. The maximum Gasteiger partial charge on any atom is 0.273 e. The molecule has 0 unspecified atom stereocenters. The van der Waals surface area contributed by atoms with E-state index < -0.39 is 10.0 Å². The molecule has 9 heteroatoms. The molecule has 0 N–H and O–H groups in total. The molecule has 0 saturated carbocycles. The topological polar surface area (TPSA) is 83.7 Å². The summed E-state index contributed by atoms with van der Waals surface area (Å²) in [4.78, 5) is 20.1. The first-order valence-electron chi connectivity index (χ1n) is 9.23. The summed E-state index contributed by atoms with van der Waals surface area (Å²) < 4.78 is 32.5. The van der Waals surface area contributed by atoms with E-state index in [0.717, 1.165) is 10.4 Å². The number of hydrogen-bond acceptors (Lipinski definition) is 6. The van der Waals surface area contributed by atoms with Crippen LogP contribution in [0.15, 0.2) is 52.0 Å². The van der Waals surface area contributed by atoms with Crippen LogP contribution >= 0.6 is 11.3 Å². The maximum absolute atomic E-state index is 12.9. The second-order valence-electron chi connectivity index (χ2n) is 6.91. The summed E-state index contributed by atoms with van der Waals surface area (Å²) in [6.45, 7) is 4.95. The Balaban J connectivity index is 1.46. The van der Waals surface area contributed by atoms with Gasteiger partial charge in [-0.25, -0.2) is 13.4 Å². The van der Waals surface area contributed by atoms with Gasteiger partial charge in [-0.15, -0.1) is 11.3 Å². The molecule has 1 saturated heterocycles. The van der Waals surface area contributed by atoms with Crippen LogP contribution < -0.4 is 0 Å². The standard InChI is InChI=1S/C20H21N3O4S2/c1-14-5-7-16(8-6-14)29(25,26)23-11-9-22(10-12-23)20(24)18-15(2)28-19(21-18)17-4-3-13-27-17/h3-8,13H,9-12H2,1-2H3. The highest BCUT2D eigenvalue weighted by Gasteiger charge is 2.31. The normalized spacial score (nSPS) is 15.6. The number of hydrogen-bond donors (Lipinski definition) is 0. The van der Waals surface area contributed by atoms with E-state index in [2.05, 4.69) is 4.98 Å². The van der Waals surface area contributed by atoms with Gasteiger partial charge >= 0.3 is 0 Å². The molecule has 0 radical (unpaired) electrons. The number of aryl methyl sites for hydroxylation is 2. The number of rotatable bonds is 4. The molecule has 1 amide bonds. The number of aromatic nitrogens is 1. The zero-order valence-corrected chi connectivity index (χ0v) is 17.8. The van der Waals surface area contributed by atoms with Gasteiger partial charge in [0.15, 0.2) is 10.8 Å². The Hall–Kier alpha value is -2.49. The van der Waals surface area contributed by atoms with E-state index in [4.69, 9.17) is 4.42 Å². The number of sulfonamides is 1. The highest BCUT2D eigenvalue weighted by molar-refractivity contribution is 7.89. The van der Waals surface area contributed by atoms with Crippen molar-refractivity contribution < 1.29 is 17.6 Å². The monoisotopic (exact) mass is 431 g/mol. The van der Waals surface area contributed by atoms with Crippen LogP contribution in [0.1, 0.15) is 20.9 Å². The van der Waals surface area contributed by atoms with Gasteiger partial charge in [-0.05, 0) is 38.1 Å². The predicted molar refractivity (Wildman–Crippen MR) is 110 cm³/mol. The van der Waals surface area contributed by atoms with Crippen molar-refractivity contribution in [2.45, 2.75) is 18.7 Å². The van der Waals surface area contributed by atoms with Gasteiger partial charge in [0.1, 0.15) is 5.69 Å². The second-order valence-corrected chi connectivity index (χ2v) is 10.1. The average Bonchev–Trinajstić information content (AvgIpc) is 3.37. The van der Waals surface area contributed by atoms with Gasteiger partial charge in [0.05, 0.1) is 11.2 Å². The number of furan rings is 1. The number of thiazole rings is 1. The number of amides is 1. The first-order chi connectivity index (χ1) is 13.9. The van der Waals surface area contributed by atoms with Gasteiger partial charge < -0.3 is 9.32 Å². The minimum absolute atomic E-state index is 0.177. The summed E-state index contributed by atoms with van der Waals surface area (Å²) in [6.07, 6.45) is 1.57. The van der Waals surface area contributed by atoms with Crippen molar-refractivity contribution in [3.63, 3.8) is 0 Å². The number of nitrogens with zero attached hydrogens (tertiary/aromatic N) is 3. The molecule has 3 aromatic rings. The molecule has 0 bridgehead atoms. The summed E-state index contributed by atoms with van der Waals surface area (Å²) in [5, 5.41) is 0.663. The molecule has 7 nitrogen and oxygen atoms in total. The fourth-order valence-electron chi connectivity index (χ4n) is 3.24. The third kappa shape index (κ3) is 3.85. The lowest BCUT2D eigenvalue weighted by Crippen LogP contribution is -2.50. The minimum atomic E-state index is -3.56. The number of carbonyl (C=O) groups is 1. The highest BCUT2D eigenvalue weighted by Crippen LogP contribution is 2.29. The quantitative estimate of drug-likeness (QED) is 0.634. The lowest BCUT2D eigenvalue weighted by molar-refractivity contribution is 0.0692. The molecule has 3 heterocycles. The molecule has 0 spiro atoms. The molecule has 29 heavy (non-hydrogen) atoms. The molecule has 1 aromatic carbocycles. The highest BCUT2D eigenvalue weighted by atomic mass is 32.2. The van der Waals surface area contributed by atoms with Crippen LogP contribution in [-0.4, -0.2) is 54.7 Å². The molecule has 1 fully saturated rings. The predicted octanol–water partition coefficient (Wildman–Crippen LogP) is 3.17. The molecule has 0 aliphatic carbocycles. The average molecular weight is 432 g/mol. The van der Waals surface area contributed by atoms with Crippen LogP contribution in [0.2, 0.25) is 0 Å². The Labute approximate surface area is 173 Å². The zero-order valence-electron chi connectivity index (χ0n) is 16.2. The fourth-order valence-corrected chi connectivity index (χ4v) is 5.54. The van der Waals surface area contributed by atoms with Gasteiger partial charge in [0.2, 0.25) is 10.0 Å². The molecule has 2 aromatic heterocycles. The molecular weight excluding hydrogens is 410 g/mol. The molecule has 1 aliphatic rings. The lowest BCUT2D eigenvalue weighted by Gasteiger charge is -2.33. The van der Waals surface area contributed by atoms with Crippen LogP contribution in [0.3, 0.4) is 0 Å². The van der Waals surface area contributed by atoms with Crippen molar-refractivity contribution in [3.8, 4) is 10.8 Å². The summed E-state index contributed by atoms with van der Waals surface area (Å²) in [7, 11) is -3.56.